The Hall–Kier alpha value is -3.19. The number of aromatic amines is 1. The molecule has 0 amide bonds. The Morgan fingerprint density at radius 1 is 1.18 bits per heavy atom. The summed E-state index contributed by atoms with van der Waals surface area (Å²) in [6.07, 6.45) is -2.90. The summed E-state index contributed by atoms with van der Waals surface area (Å²) in [7, 11) is -0.793. The van der Waals surface area contributed by atoms with Gasteiger partial charge >= 0.3 is 6.18 Å². The minimum Gasteiger partial charge on any atom is -0.382 e. The van der Waals surface area contributed by atoms with Crippen molar-refractivity contribution < 1.29 is 17.4 Å². The molecule has 0 bridgehead atoms. The van der Waals surface area contributed by atoms with Crippen molar-refractivity contribution in [3.8, 4) is 11.8 Å². The molecule has 1 aliphatic rings. The zero-order chi connectivity index (χ0) is 24.3. The molecule has 3 aromatic rings. The molecule has 6 nitrogen and oxygen atoms in total. The normalized spacial score (nSPS) is 18.4. The highest BCUT2D eigenvalue weighted by atomic mass is 32.2. The van der Waals surface area contributed by atoms with E-state index in [1.807, 2.05) is 6.07 Å². The summed E-state index contributed by atoms with van der Waals surface area (Å²) in [5.41, 5.74) is 2.21. The van der Waals surface area contributed by atoms with E-state index in [1.54, 1.807) is 37.3 Å². The van der Waals surface area contributed by atoms with Crippen LogP contribution in [0.15, 0.2) is 41.2 Å². The maximum atomic E-state index is 13.4. The predicted octanol–water partition coefficient (Wildman–Crippen LogP) is 3.99. The molecule has 1 aliphatic heterocycles. The summed E-state index contributed by atoms with van der Waals surface area (Å²) in [5, 5.41) is 6.97. The Balaban J connectivity index is 1.61. The van der Waals surface area contributed by atoms with Gasteiger partial charge in [0.25, 0.3) is 5.56 Å². The number of aromatic nitrogens is 2. The van der Waals surface area contributed by atoms with E-state index in [0.29, 0.717) is 28.1 Å². The van der Waals surface area contributed by atoms with E-state index >= 15 is 0 Å². The van der Waals surface area contributed by atoms with Crippen molar-refractivity contribution in [2.24, 2.45) is 0 Å². The number of nitrogens with zero attached hydrogens (tertiary/aromatic N) is 1. The number of fused-ring (bicyclic) bond motifs is 1. The Morgan fingerprint density at radius 2 is 1.94 bits per heavy atom. The molecule has 10 heteroatoms. The minimum atomic E-state index is -4.41. The standard InChI is InChI=1S/C24H25F3N4O2S/c1-16-7-8-21(23(32)29-16)28-11-3-4-18-14-19-20(30-17-9-12-34(33)13-10-17)5-2-6-22(19)31(18)15-24(25,26)27/h2,5-8,14,17,28,30H,9-13,15H2,1H3,(H,29,32). The number of anilines is 2. The first-order valence-electron chi connectivity index (χ1n) is 10.9. The van der Waals surface area contributed by atoms with Gasteiger partial charge in [-0.05, 0) is 56.0 Å². The van der Waals surface area contributed by atoms with Gasteiger partial charge in [0.1, 0.15) is 12.2 Å². The smallest absolute Gasteiger partial charge is 0.382 e. The lowest BCUT2D eigenvalue weighted by Gasteiger charge is -2.24. The molecule has 4 rings (SSSR count). The lowest BCUT2D eigenvalue weighted by Crippen LogP contribution is -2.29. The molecule has 1 fully saturated rings. The van der Waals surface area contributed by atoms with Crippen LogP contribution < -0.4 is 16.2 Å². The molecule has 0 radical (unpaired) electrons. The number of H-pyrrole nitrogens is 1. The van der Waals surface area contributed by atoms with Crippen molar-refractivity contribution in [3.05, 3.63) is 58.1 Å². The van der Waals surface area contributed by atoms with E-state index in [2.05, 4.69) is 27.5 Å². The zero-order valence-corrected chi connectivity index (χ0v) is 19.4. The molecule has 0 saturated carbocycles. The van der Waals surface area contributed by atoms with Crippen LogP contribution in [0.5, 0.6) is 0 Å². The highest BCUT2D eigenvalue weighted by Gasteiger charge is 2.30. The lowest BCUT2D eigenvalue weighted by atomic mass is 10.1. The molecule has 0 spiro atoms. The number of benzene rings is 1. The van der Waals surface area contributed by atoms with Gasteiger partial charge in [-0.3, -0.25) is 9.00 Å². The number of halogens is 3. The number of hydrogen-bond donors (Lipinski definition) is 3. The van der Waals surface area contributed by atoms with Crippen LogP contribution in [0.25, 0.3) is 10.9 Å². The van der Waals surface area contributed by atoms with Gasteiger partial charge in [0.05, 0.1) is 17.8 Å². The number of pyridine rings is 1. The van der Waals surface area contributed by atoms with Crippen LogP contribution in [0.3, 0.4) is 0 Å². The van der Waals surface area contributed by atoms with Gasteiger partial charge < -0.3 is 20.2 Å². The Morgan fingerprint density at radius 3 is 2.65 bits per heavy atom. The van der Waals surface area contributed by atoms with E-state index in [-0.39, 0.29) is 23.8 Å². The Bertz CT molecular complexity index is 1320. The van der Waals surface area contributed by atoms with Crippen molar-refractivity contribution >= 4 is 33.1 Å². The van der Waals surface area contributed by atoms with E-state index in [4.69, 9.17) is 0 Å². The van der Waals surface area contributed by atoms with Crippen molar-refractivity contribution in [3.63, 3.8) is 0 Å². The molecular formula is C24H25F3N4O2S. The second-order valence-electron chi connectivity index (χ2n) is 8.28. The number of nitrogens with one attached hydrogen (secondary N) is 3. The van der Waals surface area contributed by atoms with Gasteiger partial charge in [-0.2, -0.15) is 13.2 Å². The molecule has 180 valence electrons. The van der Waals surface area contributed by atoms with Crippen LogP contribution in [0.2, 0.25) is 0 Å². The number of rotatable bonds is 5. The second-order valence-corrected chi connectivity index (χ2v) is 9.97. The zero-order valence-electron chi connectivity index (χ0n) is 18.6. The van der Waals surface area contributed by atoms with E-state index < -0.39 is 23.5 Å². The van der Waals surface area contributed by atoms with Gasteiger partial charge in [-0.25, -0.2) is 0 Å². The average Bonchev–Trinajstić information content (AvgIpc) is 3.11. The largest absolute Gasteiger partial charge is 0.406 e. The van der Waals surface area contributed by atoms with Crippen LogP contribution in [-0.2, 0) is 17.3 Å². The third-order valence-electron chi connectivity index (χ3n) is 5.67. The average molecular weight is 491 g/mol. The van der Waals surface area contributed by atoms with Crippen LogP contribution in [-0.4, -0.2) is 44.0 Å². The van der Waals surface area contributed by atoms with Gasteiger partial charge in [-0.1, -0.05) is 12.0 Å². The fourth-order valence-electron chi connectivity index (χ4n) is 4.01. The first kappa shape index (κ1) is 24.0. The summed E-state index contributed by atoms with van der Waals surface area (Å²) in [6, 6.07) is 10.4. The second kappa shape index (κ2) is 9.97. The maximum Gasteiger partial charge on any atom is 0.406 e. The topological polar surface area (TPSA) is 78.9 Å². The summed E-state index contributed by atoms with van der Waals surface area (Å²) >= 11 is 0. The number of alkyl halides is 3. The van der Waals surface area contributed by atoms with Gasteiger partial charge in [0.15, 0.2) is 0 Å². The maximum absolute atomic E-state index is 13.4. The fraction of sp³-hybridized carbons (Fsp3) is 0.375. The van der Waals surface area contributed by atoms with E-state index in [0.717, 1.165) is 24.2 Å². The summed E-state index contributed by atoms with van der Waals surface area (Å²) in [5.74, 6) is 6.90. The SMILES string of the molecule is Cc1ccc(NCC#Cc2cc3c(NC4CCS(=O)CC4)cccc3n2CC(F)(F)F)c(=O)[nH]1. The summed E-state index contributed by atoms with van der Waals surface area (Å²) in [4.78, 5) is 14.6. The van der Waals surface area contributed by atoms with Gasteiger partial charge in [0.2, 0.25) is 0 Å². The van der Waals surface area contributed by atoms with Crippen LogP contribution in [0.4, 0.5) is 24.5 Å². The lowest BCUT2D eigenvalue weighted by molar-refractivity contribution is -0.140. The molecule has 3 N–H and O–H groups in total. The summed E-state index contributed by atoms with van der Waals surface area (Å²) in [6.45, 7) is 0.712. The van der Waals surface area contributed by atoms with Crippen molar-refractivity contribution in [1.82, 2.24) is 9.55 Å². The van der Waals surface area contributed by atoms with Crippen molar-refractivity contribution in [1.29, 1.82) is 0 Å². The Kier molecular flexibility index (Phi) is 7.03. The van der Waals surface area contributed by atoms with Gasteiger partial charge in [0, 0.05) is 45.1 Å². The monoisotopic (exact) mass is 490 g/mol. The molecule has 2 aromatic heterocycles. The molecule has 0 atom stereocenters. The van der Waals surface area contributed by atoms with Crippen molar-refractivity contribution in [2.75, 3.05) is 28.7 Å². The molecule has 34 heavy (non-hydrogen) atoms. The fourth-order valence-corrected chi connectivity index (χ4v) is 5.31. The van der Waals surface area contributed by atoms with Crippen LogP contribution in [0, 0.1) is 18.8 Å². The van der Waals surface area contributed by atoms with Gasteiger partial charge in [-0.15, -0.1) is 0 Å². The molecule has 0 unspecified atom stereocenters. The highest BCUT2D eigenvalue weighted by molar-refractivity contribution is 7.85. The number of hydrogen-bond acceptors (Lipinski definition) is 4. The van der Waals surface area contributed by atoms with E-state index in [9.17, 15) is 22.2 Å². The van der Waals surface area contributed by atoms with E-state index in [1.165, 1.54) is 4.57 Å². The minimum absolute atomic E-state index is 0.101. The van der Waals surface area contributed by atoms with Crippen LogP contribution >= 0.6 is 0 Å². The third-order valence-corrected chi connectivity index (χ3v) is 7.05. The first-order valence-corrected chi connectivity index (χ1v) is 12.4. The molecule has 1 aromatic carbocycles. The molecule has 0 aliphatic carbocycles. The van der Waals surface area contributed by atoms with Crippen LogP contribution in [0.1, 0.15) is 24.2 Å². The Labute approximate surface area is 197 Å². The highest BCUT2D eigenvalue weighted by Crippen LogP contribution is 2.31. The molecule has 1 saturated heterocycles. The summed E-state index contributed by atoms with van der Waals surface area (Å²) < 4.78 is 52.9. The number of aryl methyl sites for hydroxylation is 1. The van der Waals surface area contributed by atoms with Crippen molar-refractivity contribution in [2.45, 2.75) is 38.5 Å². The first-order chi connectivity index (χ1) is 16.2. The predicted molar refractivity (Wildman–Crippen MR) is 130 cm³/mol. The molecular weight excluding hydrogens is 465 g/mol. The third kappa shape index (κ3) is 5.83. The quantitative estimate of drug-likeness (QED) is 0.473. The molecule has 3 heterocycles.